The molecule has 0 aliphatic heterocycles. The van der Waals surface area contributed by atoms with E-state index in [1.165, 1.54) is 11.1 Å². The van der Waals surface area contributed by atoms with Crippen LogP contribution in [0.3, 0.4) is 0 Å². The summed E-state index contributed by atoms with van der Waals surface area (Å²) in [5.74, 6) is 0.895. The van der Waals surface area contributed by atoms with Crippen LogP contribution in [0.15, 0.2) is 12.1 Å². The van der Waals surface area contributed by atoms with Gasteiger partial charge in [-0.1, -0.05) is 6.07 Å². The van der Waals surface area contributed by atoms with Crippen molar-refractivity contribution < 1.29 is 14.3 Å². The monoisotopic (exact) mass is 279 g/mol. The number of hydrogen-bond donors (Lipinski definition) is 1. The van der Waals surface area contributed by atoms with Crippen molar-refractivity contribution in [1.29, 1.82) is 0 Å². The van der Waals surface area contributed by atoms with Crippen LogP contribution in [0.25, 0.3) is 0 Å². The number of rotatable bonds is 4. The van der Waals surface area contributed by atoms with Gasteiger partial charge in [-0.25, -0.2) is 4.79 Å². The van der Waals surface area contributed by atoms with Crippen molar-refractivity contribution in [2.24, 2.45) is 0 Å². The van der Waals surface area contributed by atoms with Crippen LogP contribution < -0.4 is 10.1 Å². The topological polar surface area (TPSA) is 47.6 Å². The Kier molecular flexibility index (Phi) is 5.43. The molecule has 0 aliphatic carbocycles. The van der Waals surface area contributed by atoms with Crippen molar-refractivity contribution >= 4 is 6.09 Å². The molecular weight excluding hydrogens is 254 g/mol. The van der Waals surface area contributed by atoms with E-state index in [-0.39, 0.29) is 6.09 Å². The van der Waals surface area contributed by atoms with E-state index in [9.17, 15) is 4.79 Å². The quantitative estimate of drug-likeness (QED) is 0.919. The van der Waals surface area contributed by atoms with Crippen molar-refractivity contribution in [2.45, 2.75) is 46.6 Å². The Morgan fingerprint density at radius 2 is 1.85 bits per heavy atom. The zero-order chi connectivity index (χ0) is 15.3. The molecule has 0 spiro atoms. The molecule has 1 aromatic rings. The lowest BCUT2D eigenvalue weighted by Gasteiger charge is -2.20. The summed E-state index contributed by atoms with van der Waals surface area (Å²) in [7, 11) is 1.67. The third-order valence-corrected chi connectivity index (χ3v) is 3.13. The highest BCUT2D eigenvalue weighted by Crippen LogP contribution is 2.24. The van der Waals surface area contributed by atoms with E-state index in [4.69, 9.17) is 9.47 Å². The molecule has 0 aromatic heterocycles. The maximum absolute atomic E-state index is 11.5. The SMILES string of the molecule is COc1ccc(CCNC(=O)OC(C)(C)C)c(C)c1C. The average Bonchev–Trinajstić information content (AvgIpc) is 2.32. The lowest BCUT2D eigenvalue weighted by Crippen LogP contribution is -2.33. The smallest absolute Gasteiger partial charge is 0.407 e. The van der Waals surface area contributed by atoms with Gasteiger partial charge in [0, 0.05) is 6.54 Å². The molecule has 0 unspecified atom stereocenters. The standard InChI is InChI=1S/C16H25NO3/c1-11-12(2)14(19-6)8-7-13(11)9-10-17-15(18)20-16(3,4)5/h7-8H,9-10H2,1-6H3,(H,17,18). The molecule has 20 heavy (non-hydrogen) atoms. The van der Waals surface area contributed by atoms with E-state index < -0.39 is 5.60 Å². The molecule has 4 heteroatoms. The molecular formula is C16H25NO3. The van der Waals surface area contributed by atoms with Crippen molar-refractivity contribution in [3.63, 3.8) is 0 Å². The van der Waals surface area contributed by atoms with Gasteiger partial charge in [-0.3, -0.25) is 0 Å². The molecule has 1 rings (SSSR count). The van der Waals surface area contributed by atoms with Gasteiger partial charge in [0.15, 0.2) is 0 Å². The van der Waals surface area contributed by atoms with Gasteiger partial charge in [0.25, 0.3) is 0 Å². The molecule has 112 valence electrons. The summed E-state index contributed by atoms with van der Waals surface area (Å²) in [6.45, 7) is 10.2. The lowest BCUT2D eigenvalue weighted by atomic mass is 10.00. The summed E-state index contributed by atoms with van der Waals surface area (Å²) in [6, 6.07) is 4.00. The fourth-order valence-electron chi connectivity index (χ4n) is 1.96. The Balaban J connectivity index is 2.55. The molecule has 0 saturated heterocycles. The van der Waals surface area contributed by atoms with E-state index in [0.717, 1.165) is 17.7 Å². The molecule has 1 N–H and O–H groups in total. The molecule has 0 radical (unpaired) electrons. The van der Waals surface area contributed by atoms with E-state index in [2.05, 4.69) is 12.2 Å². The number of methoxy groups -OCH3 is 1. The van der Waals surface area contributed by atoms with Crippen LogP contribution in [0.4, 0.5) is 4.79 Å². The van der Waals surface area contributed by atoms with Crippen molar-refractivity contribution in [3.05, 3.63) is 28.8 Å². The second kappa shape index (κ2) is 6.64. The van der Waals surface area contributed by atoms with Crippen LogP contribution in [0.2, 0.25) is 0 Å². The summed E-state index contributed by atoms with van der Waals surface area (Å²) in [5.41, 5.74) is 3.09. The summed E-state index contributed by atoms with van der Waals surface area (Å²) in [5, 5.41) is 2.77. The van der Waals surface area contributed by atoms with Gasteiger partial charge in [0.05, 0.1) is 7.11 Å². The third kappa shape index (κ3) is 4.76. The number of carbonyl (C=O) groups is 1. The summed E-state index contributed by atoms with van der Waals surface area (Å²) in [6.07, 6.45) is 0.399. The number of alkyl carbamates (subject to hydrolysis) is 1. The van der Waals surface area contributed by atoms with Gasteiger partial charge in [0.2, 0.25) is 0 Å². The second-order valence-corrected chi connectivity index (χ2v) is 5.86. The Morgan fingerprint density at radius 1 is 1.20 bits per heavy atom. The molecule has 4 nitrogen and oxygen atoms in total. The first-order valence-corrected chi connectivity index (χ1v) is 6.84. The lowest BCUT2D eigenvalue weighted by molar-refractivity contribution is 0.0528. The first-order valence-electron chi connectivity index (χ1n) is 6.84. The second-order valence-electron chi connectivity index (χ2n) is 5.86. The molecule has 0 atom stereocenters. The number of nitrogens with one attached hydrogen (secondary N) is 1. The zero-order valence-corrected chi connectivity index (χ0v) is 13.3. The highest BCUT2D eigenvalue weighted by Gasteiger charge is 2.15. The molecule has 1 amide bonds. The maximum Gasteiger partial charge on any atom is 0.407 e. The number of amides is 1. The van der Waals surface area contributed by atoms with Gasteiger partial charge in [-0.15, -0.1) is 0 Å². The Morgan fingerprint density at radius 3 is 2.40 bits per heavy atom. The van der Waals surface area contributed by atoms with Gasteiger partial charge in [-0.05, 0) is 63.8 Å². The Hall–Kier alpha value is -1.71. The van der Waals surface area contributed by atoms with Crippen LogP contribution in [0, 0.1) is 13.8 Å². The molecule has 0 saturated carbocycles. The van der Waals surface area contributed by atoms with Crippen LogP contribution in [-0.2, 0) is 11.2 Å². The highest BCUT2D eigenvalue weighted by molar-refractivity contribution is 5.67. The van der Waals surface area contributed by atoms with Gasteiger partial charge >= 0.3 is 6.09 Å². The van der Waals surface area contributed by atoms with E-state index in [0.29, 0.717) is 6.54 Å². The minimum Gasteiger partial charge on any atom is -0.496 e. The highest BCUT2D eigenvalue weighted by atomic mass is 16.6. The third-order valence-electron chi connectivity index (χ3n) is 3.13. The molecule has 1 aromatic carbocycles. The molecule has 0 heterocycles. The van der Waals surface area contributed by atoms with E-state index >= 15 is 0 Å². The predicted molar refractivity (Wildman–Crippen MR) is 80.4 cm³/mol. The van der Waals surface area contributed by atoms with Crippen LogP contribution in [-0.4, -0.2) is 25.3 Å². The number of ether oxygens (including phenoxy) is 2. The normalized spacial score (nSPS) is 11.1. The van der Waals surface area contributed by atoms with Crippen LogP contribution in [0.5, 0.6) is 5.75 Å². The summed E-state index contributed by atoms with van der Waals surface area (Å²) < 4.78 is 10.5. The van der Waals surface area contributed by atoms with Crippen molar-refractivity contribution in [2.75, 3.05) is 13.7 Å². The minimum absolute atomic E-state index is 0.375. The largest absolute Gasteiger partial charge is 0.496 e. The predicted octanol–water partition coefficient (Wildman–Crippen LogP) is 3.38. The van der Waals surface area contributed by atoms with E-state index in [1.807, 2.05) is 39.8 Å². The Bertz CT molecular complexity index is 475. The number of hydrogen-bond acceptors (Lipinski definition) is 3. The first-order chi connectivity index (χ1) is 9.24. The maximum atomic E-state index is 11.5. The molecule has 0 bridgehead atoms. The van der Waals surface area contributed by atoms with Crippen LogP contribution in [0.1, 0.15) is 37.5 Å². The number of carbonyl (C=O) groups excluding carboxylic acids is 1. The fraction of sp³-hybridized carbons (Fsp3) is 0.562. The van der Waals surface area contributed by atoms with Gasteiger partial charge in [-0.2, -0.15) is 0 Å². The average molecular weight is 279 g/mol. The minimum atomic E-state index is -0.462. The zero-order valence-electron chi connectivity index (χ0n) is 13.3. The van der Waals surface area contributed by atoms with Gasteiger partial charge < -0.3 is 14.8 Å². The first kappa shape index (κ1) is 16.3. The Labute approximate surface area is 121 Å². The van der Waals surface area contributed by atoms with Gasteiger partial charge in [0.1, 0.15) is 11.4 Å². The summed E-state index contributed by atoms with van der Waals surface area (Å²) >= 11 is 0. The van der Waals surface area contributed by atoms with Crippen molar-refractivity contribution in [3.8, 4) is 5.75 Å². The fourth-order valence-corrected chi connectivity index (χ4v) is 1.96. The molecule has 0 aliphatic rings. The summed E-state index contributed by atoms with van der Waals surface area (Å²) in [4.78, 5) is 11.5. The van der Waals surface area contributed by atoms with E-state index in [1.54, 1.807) is 7.11 Å². The van der Waals surface area contributed by atoms with Crippen LogP contribution >= 0.6 is 0 Å². The number of benzene rings is 1. The molecule has 0 fully saturated rings. The van der Waals surface area contributed by atoms with Crippen molar-refractivity contribution in [1.82, 2.24) is 5.32 Å².